The third-order valence-corrected chi connectivity index (χ3v) is 2.14. The van der Waals surface area contributed by atoms with Crippen LogP contribution in [0, 0.1) is 0 Å². The summed E-state index contributed by atoms with van der Waals surface area (Å²) in [5.41, 5.74) is -0.105. The Hall–Kier alpha value is -1.32. The number of hydrogen-bond acceptors (Lipinski definition) is 3. The molecule has 0 bridgehead atoms. The molecule has 1 aromatic heterocycles. The Labute approximate surface area is 70.0 Å². The van der Waals surface area contributed by atoms with Gasteiger partial charge in [-0.05, 0) is 19.3 Å². The Morgan fingerprint density at radius 2 is 2.42 bits per heavy atom. The lowest BCUT2D eigenvalue weighted by Gasteiger charge is -2.26. The Kier molecular flexibility index (Phi) is 1.81. The molecule has 0 atom stereocenters. The minimum Gasteiger partial charge on any atom is -0.367 e. The fourth-order valence-corrected chi connectivity index (χ4v) is 1.21. The van der Waals surface area contributed by atoms with Crippen molar-refractivity contribution >= 4 is 5.82 Å². The van der Waals surface area contributed by atoms with E-state index in [0.717, 1.165) is 0 Å². The molecule has 0 aliphatic heterocycles. The van der Waals surface area contributed by atoms with Crippen molar-refractivity contribution in [3.8, 4) is 0 Å². The van der Waals surface area contributed by atoms with Gasteiger partial charge in [0.25, 0.3) is 5.56 Å². The van der Waals surface area contributed by atoms with Crippen LogP contribution in [0.4, 0.5) is 5.82 Å². The standard InChI is InChI=1S/C8H11N3O/c12-8-4-7(9-5-10-8)11-6-2-1-3-6/h4-6H,1-3H2,(H2,9,10,11,12). The fraction of sp³-hybridized carbons (Fsp3) is 0.500. The van der Waals surface area contributed by atoms with Crippen LogP contribution in [-0.2, 0) is 0 Å². The molecule has 0 amide bonds. The second kappa shape index (κ2) is 2.97. The second-order valence-corrected chi connectivity index (χ2v) is 3.07. The SMILES string of the molecule is O=c1cc(NC2CCC2)nc[nH]1. The number of nitrogens with one attached hydrogen (secondary N) is 2. The van der Waals surface area contributed by atoms with E-state index in [4.69, 9.17) is 0 Å². The molecule has 1 aliphatic rings. The molecule has 1 saturated carbocycles. The number of aromatic amines is 1. The first-order valence-electron chi connectivity index (χ1n) is 4.16. The van der Waals surface area contributed by atoms with Crippen LogP contribution in [0.1, 0.15) is 19.3 Å². The van der Waals surface area contributed by atoms with Crippen LogP contribution < -0.4 is 10.9 Å². The summed E-state index contributed by atoms with van der Waals surface area (Å²) in [7, 11) is 0. The molecule has 1 aliphatic carbocycles. The van der Waals surface area contributed by atoms with Crippen LogP contribution in [0.25, 0.3) is 0 Å². The molecule has 0 spiro atoms. The smallest absolute Gasteiger partial charge is 0.252 e. The van der Waals surface area contributed by atoms with Crippen LogP contribution in [0.2, 0.25) is 0 Å². The highest BCUT2D eigenvalue weighted by Crippen LogP contribution is 2.21. The summed E-state index contributed by atoms with van der Waals surface area (Å²) in [5.74, 6) is 0.684. The quantitative estimate of drug-likeness (QED) is 0.679. The number of rotatable bonds is 2. The zero-order chi connectivity index (χ0) is 8.39. The first-order chi connectivity index (χ1) is 5.84. The molecule has 1 aromatic rings. The second-order valence-electron chi connectivity index (χ2n) is 3.07. The molecule has 4 heteroatoms. The van der Waals surface area contributed by atoms with Gasteiger partial charge in [0.2, 0.25) is 0 Å². The minimum absolute atomic E-state index is 0.105. The zero-order valence-corrected chi connectivity index (χ0v) is 6.71. The van der Waals surface area contributed by atoms with Crippen molar-refractivity contribution in [3.05, 3.63) is 22.7 Å². The molecule has 4 nitrogen and oxygen atoms in total. The molecular formula is C8H11N3O. The summed E-state index contributed by atoms with van der Waals surface area (Å²) >= 11 is 0. The Morgan fingerprint density at radius 1 is 1.58 bits per heavy atom. The van der Waals surface area contributed by atoms with Crippen molar-refractivity contribution in [2.24, 2.45) is 0 Å². The Bertz CT molecular complexity index is 316. The number of aromatic nitrogens is 2. The average molecular weight is 165 g/mol. The van der Waals surface area contributed by atoms with E-state index in [1.165, 1.54) is 31.7 Å². The van der Waals surface area contributed by atoms with E-state index in [0.29, 0.717) is 11.9 Å². The van der Waals surface area contributed by atoms with Crippen molar-refractivity contribution in [2.45, 2.75) is 25.3 Å². The lowest BCUT2D eigenvalue weighted by atomic mass is 9.93. The maximum atomic E-state index is 10.8. The predicted molar refractivity (Wildman–Crippen MR) is 46.1 cm³/mol. The monoisotopic (exact) mass is 165 g/mol. The van der Waals surface area contributed by atoms with Gasteiger partial charge in [-0.25, -0.2) is 4.98 Å². The normalized spacial score (nSPS) is 17.0. The predicted octanol–water partition coefficient (Wildman–Crippen LogP) is 0.734. The molecule has 2 rings (SSSR count). The van der Waals surface area contributed by atoms with Crippen molar-refractivity contribution in [3.63, 3.8) is 0 Å². The summed E-state index contributed by atoms with van der Waals surface area (Å²) in [4.78, 5) is 17.3. The maximum absolute atomic E-state index is 10.8. The van der Waals surface area contributed by atoms with E-state index >= 15 is 0 Å². The molecule has 1 heterocycles. The van der Waals surface area contributed by atoms with Crippen LogP contribution in [0.15, 0.2) is 17.2 Å². The lowest BCUT2D eigenvalue weighted by molar-refractivity contribution is 0.444. The molecule has 0 unspecified atom stereocenters. The zero-order valence-electron chi connectivity index (χ0n) is 6.71. The first-order valence-corrected chi connectivity index (χ1v) is 4.16. The van der Waals surface area contributed by atoms with Crippen LogP contribution in [0.5, 0.6) is 0 Å². The van der Waals surface area contributed by atoms with E-state index in [2.05, 4.69) is 15.3 Å². The van der Waals surface area contributed by atoms with Gasteiger partial charge in [0.1, 0.15) is 5.82 Å². The number of H-pyrrole nitrogens is 1. The Balaban J connectivity index is 2.06. The van der Waals surface area contributed by atoms with Gasteiger partial charge < -0.3 is 10.3 Å². The van der Waals surface area contributed by atoms with Crippen LogP contribution in [0.3, 0.4) is 0 Å². The maximum Gasteiger partial charge on any atom is 0.252 e. The van der Waals surface area contributed by atoms with Crippen molar-refractivity contribution in [1.82, 2.24) is 9.97 Å². The molecule has 0 radical (unpaired) electrons. The summed E-state index contributed by atoms with van der Waals surface area (Å²) in [5, 5.41) is 3.19. The van der Waals surface area contributed by atoms with Gasteiger partial charge >= 0.3 is 0 Å². The van der Waals surface area contributed by atoms with E-state index in [9.17, 15) is 4.79 Å². The molecule has 64 valence electrons. The Morgan fingerprint density at radius 3 is 3.00 bits per heavy atom. The van der Waals surface area contributed by atoms with Gasteiger partial charge in [-0.15, -0.1) is 0 Å². The summed E-state index contributed by atoms with van der Waals surface area (Å²) in [6.07, 6.45) is 5.08. The third kappa shape index (κ3) is 1.47. The van der Waals surface area contributed by atoms with E-state index in [-0.39, 0.29) is 5.56 Å². The van der Waals surface area contributed by atoms with E-state index in [1.54, 1.807) is 0 Å². The van der Waals surface area contributed by atoms with Crippen molar-refractivity contribution in [2.75, 3.05) is 5.32 Å². The van der Waals surface area contributed by atoms with Gasteiger partial charge in [-0.3, -0.25) is 4.79 Å². The minimum atomic E-state index is -0.105. The number of nitrogens with zero attached hydrogens (tertiary/aromatic N) is 1. The van der Waals surface area contributed by atoms with Gasteiger partial charge in [-0.2, -0.15) is 0 Å². The van der Waals surface area contributed by atoms with E-state index < -0.39 is 0 Å². The summed E-state index contributed by atoms with van der Waals surface area (Å²) < 4.78 is 0. The summed E-state index contributed by atoms with van der Waals surface area (Å²) in [6, 6.07) is 2.01. The van der Waals surface area contributed by atoms with Gasteiger partial charge in [0, 0.05) is 12.1 Å². The largest absolute Gasteiger partial charge is 0.367 e. The molecular weight excluding hydrogens is 154 g/mol. The van der Waals surface area contributed by atoms with E-state index in [1.807, 2.05) is 0 Å². The van der Waals surface area contributed by atoms with Gasteiger partial charge in [-0.1, -0.05) is 0 Å². The topological polar surface area (TPSA) is 57.8 Å². The average Bonchev–Trinajstić information content (AvgIpc) is 1.97. The van der Waals surface area contributed by atoms with Crippen LogP contribution in [-0.4, -0.2) is 16.0 Å². The molecule has 2 N–H and O–H groups in total. The lowest BCUT2D eigenvalue weighted by Crippen LogP contribution is -2.28. The van der Waals surface area contributed by atoms with Gasteiger partial charge in [0.15, 0.2) is 0 Å². The van der Waals surface area contributed by atoms with Crippen molar-refractivity contribution < 1.29 is 0 Å². The molecule has 1 fully saturated rings. The first kappa shape index (κ1) is 7.34. The fourth-order valence-electron chi connectivity index (χ4n) is 1.21. The van der Waals surface area contributed by atoms with Crippen LogP contribution >= 0.6 is 0 Å². The third-order valence-electron chi connectivity index (χ3n) is 2.14. The number of anilines is 1. The van der Waals surface area contributed by atoms with Crippen molar-refractivity contribution in [1.29, 1.82) is 0 Å². The molecule has 0 saturated heterocycles. The number of hydrogen-bond donors (Lipinski definition) is 2. The highest BCUT2D eigenvalue weighted by molar-refractivity contribution is 5.33. The molecule has 12 heavy (non-hydrogen) atoms. The highest BCUT2D eigenvalue weighted by atomic mass is 16.1. The molecule has 0 aromatic carbocycles. The summed E-state index contributed by atoms with van der Waals surface area (Å²) in [6.45, 7) is 0. The van der Waals surface area contributed by atoms with Gasteiger partial charge in [0.05, 0.1) is 6.33 Å². The highest BCUT2D eigenvalue weighted by Gasteiger charge is 2.16.